The van der Waals surface area contributed by atoms with E-state index in [1.54, 1.807) is 15.8 Å². The van der Waals surface area contributed by atoms with Crippen LogP contribution in [0, 0.1) is 18.3 Å². The molecule has 0 unspecified atom stereocenters. The number of nitrogens with zero attached hydrogens (tertiary/aromatic N) is 5. The number of nitriles is 1. The number of hydrogen-bond donors (Lipinski definition) is 0. The van der Waals surface area contributed by atoms with Crippen LogP contribution in [0.25, 0.3) is 5.69 Å². The van der Waals surface area contributed by atoms with Gasteiger partial charge >= 0.3 is 0 Å². The molecule has 1 aliphatic rings. The van der Waals surface area contributed by atoms with E-state index in [1.165, 1.54) is 28.6 Å². The number of sulfonamides is 1. The van der Waals surface area contributed by atoms with Crippen molar-refractivity contribution in [2.75, 3.05) is 26.2 Å². The summed E-state index contributed by atoms with van der Waals surface area (Å²) >= 11 is 0. The standard InChI is InChI=1S/C22H21N5O3S/c1-17-21(16-24-27(17)19-5-3-2-4-6-19)22(28)25-11-13-26(14-12-25)31(29,30)20-9-7-18(15-23)8-10-20/h2-10,16H,11-14H2,1H3. The molecule has 0 saturated carbocycles. The Kier molecular flexibility index (Phi) is 5.59. The second-order valence-corrected chi connectivity index (χ2v) is 9.16. The Bertz CT molecular complexity index is 1240. The molecule has 0 bridgehead atoms. The molecule has 0 aliphatic carbocycles. The van der Waals surface area contributed by atoms with E-state index in [4.69, 9.17) is 5.26 Å². The van der Waals surface area contributed by atoms with Crippen LogP contribution in [0.15, 0.2) is 65.7 Å². The van der Waals surface area contributed by atoms with Gasteiger partial charge in [-0.25, -0.2) is 13.1 Å². The molecule has 1 amide bonds. The van der Waals surface area contributed by atoms with Gasteiger partial charge in [-0.2, -0.15) is 14.7 Å². The number of aromatic nitrogens is 2. The predicted octanol–water partition coefficient (Wildman–Crippen LogP) is 2.20. The highest BCUT2D eigenvalue weighted by molar-refractivity contribution is 7.89. The van der Waals surface area contributed by atoms with Crippen LogP contribution in [0.5, 0.6) is 0 Å². The minimum Gasteiger partial charge on any atom is -0.336 e. The van der Waals surface area contributed by atoms with Crippen molar-refractivity contribution < 1.29 is 13.2 Å². The van der Waals surface area contributed by atoms with Crippen molar-refractivity contribution in [3.8, 4) is 11.8 Å². The topological polar surface area (TPSA) is 99.3 Å². The van der Waals surface area contributed by atoms with Crippen molar-refractivity contribution in [3.05, 3.63) is 77.6 Å². The van der Waals surface area contributed by atoms with E-state index >= 15 is 0 Å². The molecule has 4 rings (SSSR count). The SMILES string of the molecule is Cc1c(C(=O)N2CCN(S(=O)(=O)c3ccc(C#N)cc3)CC2)cnn1-c1ccccc1. The molecule has 1 fully saturated rings. The number of amides is 1. The Balaban J connectivity index is 1.46. The third-order valence-corrected chi connectivity index (χ3v) is 7.30. The van der Waals surface area contributed by atoms with Crippen molar-refractivity contribution in [2.45, 2.75) is 11.8 Å². The molecular formula is C22H21N5O3S. The number of carbonyl (C=O) groups excluding carboxylic acids is 1. The van der Waals surface area contributed by atoms with Gasteiger partial charge in [-0.15, -0.1) is 0 Å². The lowest BCUT2D eigenvalue weighted by molar-refractivity contribution is 0.0697. The molecule has 0 radical (unpaired) electrons. The number of para-hydroxylation sites is 1. The quantitative estimate of drug-likeness (QED) is 0.626. The van der Waals surface area contributed by atoms with Crippen LogP contribution in [-0.4, -0.2) is 59.5 Å². The Labute approximate surface area is 181 Å². The largest absolute Gasteiger partial charge is 0.336 e. The number of hydrogen-bond acceptors (Lipinski definition) is 5. The molecule has 1 aliphatic heterocycles. The minimum atomic E-state index is -3.67. The number of piperazine rings is 1. The summed E-state index contributed by atoms with van der Waals surface area (Å²) in [6, 6.07) is 17.4. The van der Waals surface area contributed by atoms with Gasteiger partial charge in [-0.05, 0) is 43.3 Å². The molecule has 31 heavy (non-hydrogen) atoms. The summed E-state index contributed by atoms with van der Waals surface area (Å²) in [5.41, 5.74) is 2.52. The third kappa shape index (κ3) is 3.95. The van der Waals surface area contributed by atoms with Gasteiger partial charge in [0.2, 0.25) is 10.0 Å². The van der Waals surface area contributed by atoms with Crippen molar-refractivity contribution in [3.63, 3.8) is 0 Å². The zero-order valence-corrected chi connectivity index (χ0v) is 17.8. The molecule has 9 heteroatoms. The molecule has 158 valence electrons. The molecule has 0 atom stereocenters. The fourth-order valence-electron chi connectivity index (χ4n) is 3.60. The maximum absolute atomic E-state index is 13.0. The second-order valence-electron chi connectivity index (χ2n) is 7.22. The Morgan fingerprint density at radius 3 is 2.26 bits per heavy atom. The molecule has 1 aromatic heterocycles. The third-order valence-electron chi connectivity index (χ3n) is 5.39. The highest BCUT2D eigenvalue weighted by atomic mass is 32.2. The lowest BCUT2D eigenvalue weighted by Crippen LogP contribution is -2.50. The minimum absolute atomic E-state index is 0.145. The van der Waals surface area contributed by atoms with Crippen LogP contribution < -0.4 is 0 Å². The number of rotatable bonds is 4. The Morgan fingerprint density at radius 2 is 1.65 bits per heavy atom. The van der Waals surface area contributed by atoms with Gasteiger partial charge < -0.3 is 4.90 Å². The van der Waals surface area contributed by atoms with Crippen LogP contribution in [0.3, 0.4) is 0 Å². The summed E-state index contributed by atoms with van der Waals surface area (Å²) in [5.74, 6) is -0.157. The van der Waals surface area contributed by atoms with Crippen LogP contribution >= 0.6 is 0 Å². The normalized spacial score (nSPS) is 14.9. The summed E-state index contributed by atoms with van der Waals surface area (Å²) < 4.78 is 28.8. The molecule has 1 saturated heterocycles. The lowest BCUT2D eigenvalue weighted by atomic mass is 10.2. The van der Waals surface area contributed by atoms with Crippen molar-refractivity contribution in [1.82, 2.24) is 19.0 Å². The fourth-order valence-corrected chi connectivity index (χ4v) is 5.02. The molecule has 0 N–H and O–H groups in total. The summed E-state index contributed by atoms with van der Waals surface area (Å²) in [6.07, 6.45) is 1.56. The van der Waals surface area contributed by atoms with Gasteiger partial charge in [0.05, 0.1) is 39.7 Å². The number of benzene rings is 2. The van der Waals surface area contributed by atoms with Crippen LogP contribution in [0.4, 0.5) is 0 Å². The molecule has 8 nitrogen and oxygen atoms in total. The van der Waals surface area contributed by atoms with Gasteiger partial charge in [0.15, 0.2) is 0 Å². The summed E-state index contributed by atoms with van der Waals surface area (Å²) in [4.78, 5) is 14.8. The van der Waals surface area contributed by atoms with E-state index in [9.17, 15) is 13.2 Å². The van der Waals surface area contributed by atoms with Gasteiger partial charge in [-0.3, -0.25) is 4.79 Å². The monoisotopic (exact) mass is 435 g/mol. The molecule has 2 heterocycles. The zero-order chi connectivity index (χ0) is 22.0. The first kappa shape index (κ1) is 20.8. The van der Waals surface area contributed by atoms with Crippen LogP contribution in [0.1, 0.15) is 21.6 Å². The maximum Gasteiger partial charge on any atom is 0.257 e. The van der Waals surface area contributed by atoms with Gasteiger partial charge in [0, 0.05) is 26.2 Å². The van der Waals surface area contributed by atoms with E-state index < -0.39 is 10.0 Å². The first-order valence-corrected chi connectivity index (χ1v) is 11.3. The maximum atomic E-state index is 13.0. The lowest BCUT2D eigenvalue weighted by Gasteiger charge is -2.34. The van der Waals surface area contributed by atoms with E-state index in [2.05, 4.69) is 5.10 Å². The average molecular weight is 436 g/mol. The van der Waals surface area contributed by atoms with Crippen molar-refractivity contribution in [1.29, 1.82) is 5.26 Å². The summed E-state index contributed by atoms with van der Waals surface area (Å²) in [5, 5.41) is 13.2. The van der Waals surface area contributed by atoms with E-state index in [0.29, 0.717) is 24.2 Å². The van der Waals surface area contributed by atoms with E-state index in [-0.39, 0.29) is 23.9 Å². The average Bonchev–Trinajstić information content (AvgIpc) is 3.20. The molecule has 2 aromatic carbocycles. The molecule has 3 aromatic rings. The smallest absolute Gasteiger partial charge is 0.257 e. The Morgan fingerprint density at radius 1 is 1.00 bits per heavy atom. The van der Waals surface area contributed by atoms with Gasteiger partial charge in [0.25, 0.3) is 5.91 Å². The van der Waals surface area contributed by atoms with Gasteiger partial charge in [0.1, 0.15) is 0 Å². The van der Waals surface area contributed by atoms with Crippen LogP contribution in [0.2, 0.25) is 0 Å². The van der Waals surface area contributed by atoms with E-state index in [1.807, 2.05) is 43.3 Å². The first-order valence-electron chi connectivity index (χ1n) is 9.81. The highest BCUT2D eigenvalue weighted by Gasteiger charge is 2.31. The summed E-state index contributed by atoms with van der Waals surface area (Å²) in [6.45, 7) is 2.85. The van der Waals surface area contributed by atoms with Crippen molar-refractivity contribution >= 4 is 15.9 Å². The second kappa shape index (κ2) is 8.34. The van der Waals surface area contributed by atoms with Crippen molar-refractivity contribution in [2.24, 2.45) is 0 Å². The zero-order valence-electron chi connectivity index (χ0n) is 17.0. The van der Waals surface area contributed by atoms with E-state index in [0.717, 1.165) is 11.4 Å². The molecular weight excluding hydrogens is 414 g/mol. The molecule has 0 spiro atoms. The van der Waals surface area contributed by atoms with Gasteiger partial charge in [-0.1, -0.05) is 18.2 Å². The number of carbonyl (C=O) groups is 1. The predicted molar refractivity (Wildman–Crippen MR) is 114 cm³/mol. The fraction of sp³-hybridized carbons (Fsp3) is 0.227. The van der Waals surface area contributed by atoms with Crippen LogP contribution in [-0.2, 0) is 10.0 Å². The first-order chi connectivity index (χ1) is 14.9. The Hall–Kier alpha value is -3.48. The summed E-state index contributed by atoms with van der Waals surface area (Å²) in [7, 11) is -3.67. The highest BCUT2D eigenvalue weighted by Crippen LogP contribution is 2.20.